The number of para-hydroxylation sites is 1. The number of rotatable bonds is 1. The minimum atomic E-state index is -3.14. The first-order valence-electron chi connectivity index (χ1n) is 5.59. The van der Waals surface area contributed by atoms with E-state index >= 15 is 0 Å². The highest BCUT2D eigenvalue weighted by Gasteiger charge is 2.40. The molecule has 96 valence electrons. The zero-order valence-corrected chi connectivity index (χ0v) is 9.84. The van der Waals surface area contributed by atoms with E-state index in [2.05, 4.69) is 5.32 Å². The Labute approximate surface area is 103 Å². The van der Waals surface area contributed by atoms with Crippen LogP contribution in [0.3, 0.4) is 0 Å². The zero-order valence-electron chi connectivity index (χ0n) is 9.84. The first-order chi connectivity index (χ1) is 8.43. The average Bonchev–Trinajstić information content (AvgIpc) is 2.43. The quantitative estimate of drug-likeness (QED) is 0.756. The van der Waals surface area contributed by atoms with Gasteiger partial charge in [0.2, 0.25) is 0 Å². The highest BCUT2D eigenvalue weighted by Crippen LogP contribution is 2.42. The normalized spacial score (nSPS) is 20.4. The summed E-state index contributed by atoms with van der Waals surface area (Å²) in [6.07, 6.45) is -0.415. The highest BCUT2D eigenvalue weighted by molar-refractivity contribution is 5.99. The molecular weight excluding hydrogens is 240 g/mol. The molecule has 0 unspecified atom stereocenters. The van der Waals surface area contributed by atoms with Gasteiger partial charge in [-0.2, -0.15) is 0 Å². The summed E-state index contributed by atoms with van der Waals surface area (Å²) in [5, 5.41) is 11.9. The largest absolute Gasteiger partial charge is 0.478 e. The second-order valence-electron chi connectivity index (χ2n) is 4.23. The molecule has 1 aromatic rings. The minimum absolute atomic E-state index is 0.112. The fourth-order valence-corrected chi connectivity index (χ4v) is 2.11. The van der Waals surface area contributed by atoms with Crippen LogP contribution in [0.4, 0.5) is 14.5 Å². The van der Waals surface area contributed by atoms with Crippen LogP contribution in [0.15, 0.2) is 29.8 Å². The fraction of sp³-hybridized carbons (Fsp3) is 0.308. The molecule has 0 fully saturated rings. The summed E-state index contributed by atoms with van der Waals surface area (Å²) in [4.78, 5) is 11.0. The number of hydrogen-bond donors (Lipinski definition) is 2. The van der Waals surface area contributed by atoms with Crippen LogP contribution in [0, 0.1) is 0 Å². The summed E-state index contributed by atoms with van der Waals surface area (Å²) >= 11 is 0. The Morgan fingerprint density at radius 2 is 2.06 bits per heavy atom. The Bertz CT molecular complexity index is 523. The Morgan fingerprint density at radius 1 is 1.39 bits per heavy atom. The van der Waals surface area contributed by atoms with E-state index in [0.717, 1.165) is 0 Å². The SMILES string of the molecule is C/C(C(=O)O)=C1\c2ccccc2NCCC1(F)F. The van der Waals surface area contributed by atoms with Crippen molar-refractivity contribution >= 4 is 17.2 Å². The van der Waals surface area contributed by atoms with E-state index in [0.29, 0.717) is 5.69 Å². The monoisotopic (exact) mass is 253 g/mol. The lowest BCUT2D eigenvalue weighted by Gasteiger charge is -2.19. The summed E-state index contributed by atoms with van der Waals surface area (Å²) in [7, 11) is 0. The number of carbonyl (C=O) groups is 1. The van der Waals surface area contributed by atoms with Gasteiger partial charge >= 0.3 is 5.97 Å². The van der Waals surface area contributed by atoms with Gasteiger partial charge in [-0.05, 0) is 13.0 Å². The number of benzene rings is 1. The third-order valence-electron chi connectivity index (χ3n) is 3.01. The van der Waals surface area contributed by atoms with Gasteiger partial charge in [0.05, 0.1) is 0 Å². The van der Waals surface area contributed by atoms with Crippen molar-refractivity contribution in [2.75, 3.05) is 11.9 Å². The van der Waals surface area contributed by atoms with Crippen LogP contribution in [0.5, 0.6) is 0 Å². The van der Waals surface area contributed by atoms with Crippen LogP contribution in [0.2, 0.25) is 0 Å². The lowest BCUT2D eigenvalue weighted by Crippen LogP contribution is -2.22. The Morgan fingerprint density at radius 3 is 2.72 bits per heavy atom. The molecule has 3 nitrogen and oxygen atoms in total. The van der Waals surface area contributed by atoms with Crippen molar-refractivity contribution in [3.05, 3.63) is 35.4 Å². The van der Waals surface area contributed by atoms with E-state index < -0.39 is 23.9 Å². The molecule has 2 N–H and O–H groups in total. The molecule has 0 bridgehead atoms. The Hall–Kier alpha value is -1.91. The Balaban J connectivity index is 2.72. The maximum Gasteiger partial charge on any atom is 0.331 e. The predicted molar refractivity (Wildman–Crippen MR) is 64.7 cm³/mol. The van der Waals surface area contributed by atoms with Gasteiger partial charge in [-0.1, -0.05) is 18.2 Å². The second-order valence-corrected chi connectivity index (χ2v) is 4.23. The van der Waals surface area contributed by atoms with Crippen molar-refractivity contribution in [1.29, 1.82) is 0 Å². The third-order valence-corrected chi connectivity index (χ3v) is 3.01. The van der Waals surface area contributed by atoms with Crippen LogP contribution < -0.4 is 5.32 Å². The average molecular weight is 253 g/mol. The Kier molecular flexibility index (Phi) is 3.07. The molecule has 0 radical (unpaired) electrons. The smallest absolute Gasteiger partial charge is 0.331 e. The van der Waals surface area contributed by atoms with Gasteiger partial charge in [0.25, 0.3) is 5.92 Å². The van der Waals surface area contributed by atoms with Crippen LogP contribution in [-0.4, -0.2) is 23.5 Å². The van der Waals surface area contributed by atoms with Crippen molar-refractivity contribution in [3.8, 4) is 0 Å². The van der Waals surface area contributed by atoms with Gasteiger partial charge < -0.3 is 10.4 Å². The molecule has 0 atom stereocenters. The maximum absolute atomic E-state index is 14.1. The van der Waals surface area contributed by atoms with Gasteiger partial charge in [0.1, 0.15) is 0 Å². The van der Waals surface area contributed by atoms with Gasteiger partial charge in [-0.25, -0.2) is 13.6 Å². The minimum Gasteiger partial charge on any atom is -0.478 e. The summed E-state index contributed by atoms with van der Waals surface area (Å²) in [5.74, 6) is -4.45. The highest BCUT2D eigenvalue weighted by atomic mass is 19.3. The van der Waals surface area contributed by atoms with Crippen LogP contribution in [0.1, 0.15) is 18.9 Å². The number of alkyl halides is 2. The van der Waals surface area contributed by atoms with E-state index in [1.807, 2.05) is 0 Å². The van der Waals surface area contributed by atoms with Crippen LogP contribution in [0.25, 0.3) is 5.57 Å². The molecule has 0 saturated carbocycles. The van der Waals surface area contributed by atoms with Crippen molar-refractivity contribution in [2.45, 2.75) is 19.3 Å². The van der Waals surface area contributed by atoms with Crippen molar-refractivity contribution < 1.29 is 18.7 Å². The van der Waals surface area contributed by atoms with E-state index in [1.165, 1.54) is 13.0 Å². The van der Waals surface area contributed by atoms with Gasteiger partial charge in [-0.15, -0.1) is 0 Å². The number of aliphatic carboxylic acids is 1. The number of carboxylic acids is 1. The first kappa shape index (κ1) is 12.5. The number of hydrogen-bond acceptors (Lipinski definition) is 2. The van der Waals surface area contributed by atoms with E-state index in [1.54, 1.807) is 18.2 Å². The summed E-state index contributed by atoms with van der Waals surface area (Å²) in [6.45, 7) is 1.33. The summed E-state index contributed by atoms with van der Waals surface area (Å²) in [5.41, 5.74) is 0.108. The molecule has 1 aliphatic rings. The number of halogens is 2. The lowest BCUT2D eigenvalue weighted by atomic mass is 9.93. The molecule has 0 aliphatic carbocycles. The molecule has 0 saturated heterocycles. The first-order valence-corrected chi connectivity index (χ1v) is 5.59. The number of carboxylic acid groups (broad SMARTS) is 1. The molecular formula is C13H13F2NO2. The third kappa shape index (κ3) is 2.08. The standard InChI is InChI=1S/C13H13F2NO2/c1-8(12(17)18)11-9-4-2-3-5-10(9)16-7-6-13(11,14)15/h2-5,16H,6-7H2,1H3,(H,17,18)/b11-8-. The molecule has 0 amide bonds. The van der Waals surface area contributed by atoms with Gasteiger partial charge in [-0.3, -0.25) is 0 Å². The van der Waals surface area contributed by atoms with Crippen LogP contribution >= 0.6 is 0 Å². The lowest BCUT2D eigenvalue weighted by molar-refractivity contribution is -0.132. The van der Waals surface area contributed by atoms with Crippen molar-refractivity contribution in [1.82, 2.24) is 0 Å². The molecule has 1 aliphatic heterocycles. The molecule has 2 rings (SSSR count). The van der Waals surface area contributed by atoms with E-state index in [9.17, 15) is 13.6 Å². The number of allylic oxidation sites excluding steroid dienone is 1. The molecule has 5 heteroatoms. The summed E-state index contributed by atoms with van der Waals surface area (Å²) in [6, 6.07) is 6.54. The van der Waals surface area contributed by atoms with Gasteiger partial charge in [0, 0.05) is 35.4 Å². The van der Waals surface area contributed by atoms with E-state index in [4.69, 9.17) is 5.11 Å². The number of fused-ring (bicyclic) bond motifs is 1. The maximum atomic E-state index is 14.1. The molecule has 0 aromatic heterocycles. The molecule has 1 aromatic carbocycles. The van der Waals surface area contributed by atoms with Crippen molar-refractivity contribution in [2.24, 2.45) is 0 Å². The number of anilines is 1. The number of nitrogens with one attached hydrogen (secondary N) is 1. The van der Waals surface area contributed by atoms with Crippen LogP contribution in [-0.2, 0) is 4.79 Å². The fourth-order valence-electron chi connectivity index (χ4n) is 2.11. The van der Waals surface area contributed by atoms with Gasteiger partial charge in [0.15, 0.2) is 0 Å². The van der Waals surface area contributed by atoms with E-state index in [-0.39, 0.29) is 17.7 Å². The zero-order chi connectivity index (χ0) is 13.3. The molecule has 1 heterocycles. The predicted octanol–water partition coefficient (Wildman–Crippen LogP) is 3.00. The second kappa shape index (κ2) is 4.40. The topological polar surface area (TPSA) is 49.3 Å². The molecule has 18 heavy (non-hydrogen) atoms. The molecule has 0 spiro atoms. The summed E-state index contributed by atoms with van der Waals surface area (Å²) < 4.78 is 28.1. The van der Waals surface area contributed by atoms with Crippen molar-refractivity contribution in [3.63, 3.8) is 0 Å².